The quantitative estimate of drug-likeness (QED) is 0.752. The van der Waals surface area contributed by atoms with Gasteiger partial charge >= 0.3 is 11.9 Å². The second-order valence-electron chi connectivity index (χ2n) is 3.86. The monoisotopic (exact) mass is 284 g/mol. The molecular weight excluding hydrogens is 272 g/mol. The van der Waals surface area contributed by atoms with Gasteiger partial charge in [0.1, 0.15) is 0 Å². The van der Waals surface area contributed by atoms with E-state index in [9.17, 15) is 13.8 Å². The van der Waals surface area contributed by atoms with Crippen LogP contribution in [-0.2, 0) is 37.1 Å². The van der Waals surface area contributed by atoms with Gasteiger partial charge in [-0.1, -0.05) is 0 Å². The fraction of sp³-hybridized carbons (Fsp3) is 0.333. The molecule has 1 aliphatic heterocycles. The molecule has 19 heavy (non-hydrogen) atoms. The van der Waals surface area contributed by atoms with E-state index in [1.165, 1.54) is 26.4 Å². The van der Waals surface area contributed by atoms with Crippen LogP contribution in [0, 0.1) is 0 Å². The summed E-state index contributed by atoms with van der Waals surface area (Å²) >= 11 is -1.41. The number of esters is 2. The van der Waals surface area contributed by atoms with Crippen molar-refractivity contribution in [2.75, 3.05) is 14.2 Å². The number of hydrogen-bond acceptors (Lipinski definition) is 6. The van der Waals surface area contributed by atoms with Gasteiger partial charge in [0.05, 0.1) is 37.7 Å². The summed E-state index contributed by atoms with van der Waals surface area (Å²) in [6.07, 6.45) is 0. The highest BCUT2D eigenvalue weighted by molar-refractivity contribution is 7.79. The second-order valence-corrected chi connectivity index (χ2v) is 4.99. The highest BCUT2D eigenvalue weighted by atomic mass is 32.2. The molecule has 1 heterocycles. The maximum absolute atomic E-state index is 11.7. The van der Waals surface area contributed by atoms with Crippen LogP contribution >= 0.6 is 0 Å². The Hall–Kier alpha value is -1.73. The summed E-state index contributed by atoms with van der Waals surface area (Å²) < 4.78 is 25.6. The molecule has 6 nitrogen and oxygen atoms in total. The van der Waals surface area contributed by atoms with Crippen LogP contribution in [0.1, 0.15) is 31.8 Å². The van der Waals surface area contributed by atoms with Crippen LogP contribution < -0.4 is 0 Å². The Bertz CT molecular complexity index is 566. The fourth-order valence-electron chi connectivity index (χ4n) is 1.81. The first-order chi connectivity index (χ1) is 9.06. The topological polar surface area (TPSA) is 78.9 Å². The molecule has 0 spiro atoms. The summed E-state index contributed by atoms with van der Waals surface area (Å²) in [6, 6.07) is 3.03. The Morgan fingerprint density at radius 2 is 1.63 bits per heavy atom. The minimum absolute atomic E-state index is 0.104. The minimum atomic E-state index is -1.41. The molecule has 2 rings (SSSR count). The summed E-state index contributed by atoms with van der Waals surface area (Å²) in [6.45, 7) is 0.132. The number of methoxy groups -OCH3 is 2. The zero-order valence-corrected chi connectivity index (χ0v) is 11.2. The van der Waals surface area contributed by atoms with Gasteiger partial charge in [-0.05, 0) is 23.3 Å². The van der Waals surface area contributed by atoms with Gasteiger partial charge in [0.15, 0.2) is 11.1 Å². The minimum Gasteiger partial charge on any atom is -0.465 e. The number of ether oxygens (including phenoxy) is 2. The molecule has 1 aromatic carbocycles. The van der Waals surface area contributed by atoms with E-state index < -0.39 is 23.0 Å². The Kier molecular flexibility index (Phi) is 3.96. The normalized spacial score (nSPS) is 17.5. The van der Waals surface area contributed by atoms with E-state index in [0.717, 1.165) is 0 Å². The third-order valence-electron chi connectivity index (χ3n) is 2.77. The summed E-state index contributed by atoms with van der Waals surface area (Å²) in [5.74, 6) is -1.09. The smallest absolute Gasteiger partial charge is 0.338 e. The first-order valence-corrected chi connectivity index (χ1v) is 6.65. The van der Waals surface area contributed by atoms with Crippen LogP contribution in [0.2, 0.25) is 0 Å². The zero-order chi connectivity index (χ0) is 14.0. The maximum atomic E-state index is 11.7. The van der Waals surface area contributed by atoms with Crippen molar-refractivity contribution in [3.05, 3.63) is 34.4 Å². The van der Waals surface area contributed by atoms with Crippen LogP contribution in [0.4, 0.5) is 0 Å². The highest BCUT2D eigenvalue weighted by Crippen LogP contribution is 2.25. The predicted octanol–water partition coefficient (Wildman–Crippen LogP) is 0.954. The molecule has 0 N–H and O–H groups in total. The lowest BCUT2D eigenvalue weighted by atomic mass is 9.99. The van der Waals surface area contributed by atoms with Gasteiger partial charge < -0.3 is 9.47 Å². The van der Waals surface area contributed by atoms with E-state index in [0.29, 0.717) is 11.1 Å². The van der Waals surface area contributed by atoms with Crippen molar-refractivity contribution in [3.8, 4) is 0 Å². The molecule has 102 valence electrons. The lowest BCUT2D eigenvalue weighted by Crippen LogP contribution is -2.17. The van der Waals surface area contributed by atoms with Crippen molar-refractivity contribution in [2.24, 2.45) is 0 Å². The summed E-state index contributed by atoms with van der Waals surface area (Å²) in [4.78, 5) is 23.4. The Balaban J connectivity index is 2.56. The number of carbonyl (C=O) groups is 2. The summed E-state index contributed by atoms with van der Waals surface area (Å²) in [5, 5.41) is 0. The molecule has 1 aliphatic rings. The average Bonchev–Trinajstić information content (AvgIpc) is 2.44. The SMILES string of the molecule is COC(=O)c1cc2c(cc1C(=O)OC)CS(=O)OC2. The Morgan fingerprint density at radius 1 is 1.11 bits per heavy atom. The van der Waals surface area contributed by atoms with E-state index in [1.54, 1.807) is 0 Å². The average molecular weight is 284 g/mol. The molecule has 0 fully saturated rings. The molecule has 1 unspecified atom stereocenters. The van der Waals surface area contributed by atoms with Gasteiger partial charge in [-0.2, -0.15) is 0 Å². The molecule has 1 atom stereocenters. The van der Waals surface area contributed by atoms with Crippen molar-refractivity contribution in [1.82, 2.24) is 0 Å². The number of carbonyl (C=O) groups excluding carboxylic acids is 2. The van der Waals surface area contributed by atoms with Crippen molar-refractivity contribution < 1.29 is 27.5 Å². The van der Waals surface area contributed by atoms with Gasteiger partial charge in [0.25, 0.3) is 0 Å². The molecule has 0 saturated heterocycles. The summed E-state index contributed by atoms with van der Waals surface area (Å²) in [7, 11) is 2.46. The van der Waals surface area contributed by atoms with Gasteiger partial charge in [-0.25, -0.2) is 13.8 Å². The van der Waals surface area contributed by atoms with E-state index in [-0.39, 0.29) is 23.5 Å². The highest BCUT2D eigenvalue weighted by Gasteiger charge is 2.24. The van der Waals surface area contributed by atoms with Crippen LogP contribution in [0.25, 0.3) is 0 Å². The third-order valence-corrected chi connectivity index (χ3v) is 3.70. The second kappa shape index (κ2) is 5.50. The molecule has 7 heteroatoms. The van der Waals surface area contributed by atoms with Gasteiger partial charge in [0, 0.05) is 0 Å². The van der Waals surface area contributed by atoms with E-state index in [4.69, 9.17) is 4.18 Å². The predicted molar refractivity (Wildman–Crippen MR) is 65.8 cm³/mol. The van der Waals surface area contributed by atoms with Gasteiger partial charge in [0.2, 0.25) is 0 Å². The van der Waals surface area contributed by atoms with Gasteiger partial charge in [-0.3, -0.25) is 4.18 Å². The Labute approximate surface area is 112 Å². The third kappa shape index (κ3) is 2.66. The van der Waals surface area contributed by atoms with Crippen molar-refractivity contribution in [1.29, 1.82) is 0 Å². The molecule has 0 aliphatic carbocycles. The zero-order valence-electron chi connectivity index (χ0n) is 10.4. The van der Waals surface area contributed by atoms with E-state index in [2.05, 4.69) is 9.47 Å². The molecule has 0 amide bonds. The van der Waals surface area contributed by atoms with Crippen molar-refractivity contribution in [3.63, 3.8) is 0 Å². The molecule has 0 bridgehead atoms. The molecule has 0 saturated carbocycles. The summed E-state index contributed by atoms with van der Waals surface area (Å²) in [5.41, 5.74) is 1.64. The first-order valence-electron chi connectivity index (χ1n) is 5.41. The number of benzene rings is 1. The number of hydrogen-bond donors (Lipinski definition) is 0. The van der Waals surface area contributed by atoms with Crippen LogP contribution in [0.15, 0.2) is 12.1 Å². The van der Waals surface area contributed by atoms with Crippen molar-refractivity contribution in [2.45, 2.75) is 12.4 Å². The lowest BCUT2D eigenvalue weighted by Gasteiger charge is -2.18. The van der Waals surface area contributed by atoms with E-state index >= 15 is 0 Å². The molecule has 0 aromatic heterocycles. The van der Waals surface area contributed by atoms with Crippen LogP contribution in [0.3, 0.4) is 0 Å². The lowest BCUT2D eigenvalue weighted by molar-refractivity contribution is 0.0555. The maximum Gasteiger partial charge on any atom is 0.338 e. The Morgan fingerprint density at radius 3 is 2.16 bits per heavy atom. The standard InChI is InChI=1S/C12H12O6S/c1-16-11(13)9-3-7-5-18-19(15)6-8(7)4-10(9)12(14)17-2/h3-4H,5-6H2,1-2H3. The first kappa shape index (κ1) is 13.7. The van der Waals surface area contributed by atoms with Crippen LogP contribution in [-0.4, -0.2) is 30.4 Å². The van der Waals surface area contributed by atoms with Crippen molar-refractivity contribution >= 4 is 23.0 Å². The van der Waals surface area contributed by atoms with E-state index in [1.807, 2.05) is 0 Å². The van der Waals surface area contributed by atoms with Gasteiger partial charge in [-0.15, -0.1) is 0 Å². The largest absolute Gasteiger partial charge is 0.465 e. The fourth-order valence-corrected chi connectivity index (χ4v) is 2.68. The molecule has 0 radical (unpaired) electrons. The number of rotatable bonds is 2. The molecular formula is C12H12O6S. The van der Waals surface area contributed by atoms with Crippen LogP contribution in [0.5, 0.6) is 0 Å². The molecule has 1 aromatic rings. The number of fused-ring (bicyclic) bond motifs is 1.